The van der Waals surface area contributed by atoms with Crippen molar-refractivity contribution in [3.05, 3.63) is 41.7 Å². The molecule has 1 aliphatic rings. The summed E-state index contributed by atoms with van der Waals surface area (Å²) >= 11 is 0. The van der Waals surface area contributed by atoms with Gasteiger partial charge in [-0.2, -0.15) is 0 Å². The number of carbonyl (C=O) groups is 1. The Balaban J connectivity index is 2.19. The smallest absolute Gasteiger partial charge is 0.267 e. The zero-order valence-electron chi connectivity index (χ0n) is 9.93. The molecule has 1 amide bonds. The zero-order valence-corrected chi connectivity index (χ0v) is 9.93. The molecule has 3 rings (SSSR count). The molecule has 0 saturated carbocycles. The van der Waals surface area contributed by atoms with E-state index in [9.17, 15) is 4.79 Å². The van der Waals surface area contributed by atoms with Gasteiger partial charge in [0.2, 0.25) is 0 Å². The maximum Gasteiger partial charge on any atom is 0.267 e. The maximum atomic E-state index is 11.5. The normalized spacial score (nSPS) is 19.2. The van der Waals surface area contributed by atoms with Gasteiger partial charge in [-0.25, -0.2) is 4.98 Å². The van der Waals surface area contributed by atoms with Gasteiger partial charge in [0.1, 0.15) is 5.69 Å². The van der Waals surface area contributed by atoms with Crippen LogP contribution in [0.2, 0.25) is 0 Å². The molecule has 0 spiro atoms. The Labute approximate surface area is 105 Å². The lowest BCUT2D eigenvalue weighted by Gasteiger charge is -2.10. The molecule has 2 heterocycles. The predicted molar refractivity (Wildman–Crippen MR) is 68.4 cm³/mol. The number of amides is 1. The monoisotopic (exact) mass is 242 g/mol. The van der Waals surface area contributed by atoms with Crippen molar-refractivity contribution in [2.75, 3.05) is 13.2 Å². The number of nitrogens with two attached hydrogens (primary N) is 1. The number of primary amides is 1. The van der Waals surface area contributed by atoms with E-state index >= 15 is 0 Å². The van der Waals surface area contributed by atoms with Crippen LogP contribution in [-0.4, -0.2) is 24.1 Å². The summed E-state index contributed by atoms with van der Waals surface area (Å²) in [6, 6.07) is 9.71. The average Bonchev–Trinajstić information content (AvgIpc) is 2.91. The lowest BCUT2D eigenvalue weighted by atomic mass is 10.00. The van der Waals surface area contributed by atoms with Gasteiger partial charge in [-0.05, 0) is 17.9 Å². The van der Waals surface area contributed by atoms with E-state index in [1.807, 2.05) is 30.3 Å². The molecule has 1 saturated heterocycles. The second-order valence-corrected chi connectivity index (χ2v) is 4.54. The molecule has 2 N–H and O–H groups in total. The van der Waals surface area contributed by atoms with Crippen molar-refractivity contribution in [3.8, 4) is 0 Å². The van der Waals surface area contributed by atoms with Crippen LogP contribution in [-0.2, 0) is 4.74 Å². The van der Waals surface area contributed by atoms with E-state index in [1.165, 1.54) is 0 Å². The summed E-state index contributed by atoms with van der Waals surface area (Å²) in [7, 11) is 0. The van der Waals surface area contributed by atoms with Crippen LogP contribution >= 0.6 is 0 Å². The summed E-state index contributed by atoms with van der Waals surface area (Å²) in [5, 5.41) is 1.82. The van der Waals surface area contributed by atoms with Gasteiger partial charge in [0, 0.05) is 23.6 Å². The van der Waals surface area contributed by atoms with Crippen molar-refractivity contribution in [3.63, 3.8) is 0 Å². The van der Waals surface area contributed by atoms with Gasteiger partial charge >= 0.3 is 0 Å². The van der Waals surface area contributed by atoms with Crippen LogP contribution in [0, 0.1) is 0 Å². The highest BCUT2D eigenvalue weighted by molar-refractivity contribution is 6.04. The van der Waals surface area contributed by atoms with Gasteiger partial charge < -0.3 is 10.5 Å². The van der Waals surface area contributed by atoms with E-state index in [2.05, 4.69) is 4.98 Å². The molecule has 1 unspecified atom stereocenters. The molecule has 92 valence electrons. The molecule has 0 bridgehead atoms. The van der Waals surface area contributed by atoms with Gasteiger partial charge in [0.25, 0.3) is 5.91 Å². The van der Waals surface area contributed by atoms with Crippen molar-refractivity contribution in [2.45, 2.75) is 12.3 Å². The van der Waals surface area contributed by atoms with Crippen molar-refractivity contribution in [2.24, 2.45) is 5.73 Å². The van der Waals surface area contributed by atoms with Crippen LogP contribution in [0.5, 0.6) is 0 Å². The number of fused-ring (bicyclic) bond motifs is 1. The number of rotatable bonds is 2. The zero-order chi connectivity index (χ0) is 12.5. The fraction of sp³-hybridized carbons (Fsp3) is 0.286. The Morgan fingerprint density at radius 1 is 1.39 bits per heavy atom. The van der Waals surface area contributed by atoms with E-state index in [0.29, 0.717) is 12.3 Å². The summed E-state index contributed by atoms with van der Waals surface area (Å²) in [5.74, 6) is -0.209. The summed E-state index contributed by atoms with van der Waals surface area (Å²) in [4.78, 5) is 15.9. The second-order valence-electron chi connectivity index (χ2n) is 4.54. The average molecular weight is 242 g/mol. The molecule has 2 aromatic rings. The van der Waals surface area contributed by atoms with Crippen molar-refractivity contribution in [1.29, 1.82) is 0 Å². The predicted octanol–water partition coefficient (Wildman–Crippen LogP) is 1.84. The first-order chi connectivity index (χ1) is 8.75. The highest BCUT2D eigenvalue weighted by atomic mass is 16.5. The van der Waals surface area contributed by atoms with Gasteiger partial charge in [0.05, 0.1) is 6.61 Å². The van der Waals surface area contributed by atoms with Gasteiger partial charge in [0.15, 0.2) is 0 Å². The molecule has 1 fully saturated rings. The minimum atomic E-state index is -0.480. The standard InChI is InChI=1S/C14H14N2O2/c15-14(17)13-11-4-2-1-3-9(11)7-12(16-13)10-5-6-18-8-10/h1-4,7,10H,5-6,8H2,(H2,15,17). The number of hydrogen-bond donors (Lipinski definition) is 1. The fourth-order valence-corrected chi connectivity index (χ4v) is 2.38. The highest BCUT2D eigenvalue weighted by Crippen LogP contribution is 2.27. The SMILES string of the molecule is NC(=O)c1nc(C2CCOC2)cc2ccccc12. The maximum absolute atomic E-state index is 11.5. The molecule has 4 nitrogen and oxygen atoms in total. The highest BCUT2D eigenvalue weighted by Gasteiger charge is 2.21. The van der Waals surface area contributed by atoms with Crippen LogP contribution in [0.25, 0.3) is 10.8 Å². The molecule has 1 atom stereocenters. The Kier molecular flexibility index (Phi) is 2.72. The van der Waals surface area contributed by atoms with Crippen LogP contribution in [0.1, 0.15) is 28.5 Å². The van der Waals surface area contributed by atoms with E-state index in [1.54, 1.807) is 0 Å². The molecule has 4 heteroatoms. The molecule has 1 aromatic carbocycles. The van der Waals surface area contributed by atoms with Crippen LogP contribution in [0.3, 0.4) is 0 Å². The minimum absolute atomic E-state index is 0.271. The van der Waals surface area contributed by atoms with Crippen LogP contribution in [0.4, 0.5) is 0 Å². The van der Waals surface area contributed by atoms with Crippen LogP contribution < -0.4 is 5.73 Å². The molecular weight excluding hydrogens is 228 g/mol. The molecule has 1 aliphatic heterocycles. The number of benzene rings is 1. The van der Waals surface area contributed by atoms with E-state index in [4.69, 9.17) is 10.5 Å². The first-order valence-electron chi connectivity index (χ1n) is 6.03. The third kappa shape index (κ3) is 1.84. The quantitative estimate of drug-likeness (QED) is 0.873. The third-order valence-corrected chi connectivity index (χ3v) is 3.34. The number of pyridine rings is 1. The number of ether oxygens (including phenoxy) is 1. The Hall–Kier alpha value is -1.94. The van der Waals surface area contributed by atoms with Crippen molar-refractivity contribution in [1.82, 2.24) is 4.98 Å². The van der Waals surface area contributed by atoms with Gasteiger partial charge in [-0.15, -0.1) is 0 Å². The van der Waals surface area contributed by atoms with E-state index in [-0.39, 0.29) is 5.92 Å². The number of carbonyl (C=O) groups excluding carboxylic acids is 1. The lowest BCUT2D eigenvalue weighted by molar-refractivity contribution is 0.0997. The van der Waals surface area contributed by atoms with E-state index in [0.717, 1.165) is 29.5 Å². The topological polar surface area (TPSA) is 65.2 Å². The number of hydrogen-bond acceptors (Lipinski definition) is 3. The first-order valence-corrected chi connectivity index (χ1v) is 6.03. The molecule has 0 aliphatic carbocycles. The summed E-state index contributed by atoms with van der Waals surface area (Å²) in [6.07, 6.45) is 0.948. The Morgan fingerprint density at radius 3 is 2.94 bits per heavy atom. The summed E-state index contributed by atoms with van der Waals surface area (Å²) < 4.78 is 5.37. The molecule has 0 radical (unpaired) electrons. The van der Waals surface area contributed by atoms with Crippen molar-refractivity contribution < 1.29 is 9.53 Å². The number of nitrogens with zero attached hydrogens (tertiary/aromatic N) is 1. The first kappa shape index (κ1) is 11.2. The van der Waals surface area contributed by atoms with E-state index < -0.39 is 5.91 Å². The molecule has 18 heavy (non-hydrogen) atoms. The largest absolute Gasteiger partial charge is 0.381 e. The lowest BCUT2D eigenvalue weighted by Crippen LogP contribution is -2.15. The second kappa shape index (κ2) is 4.38. The van der Waals surface area contributed by atoms with Crippen molar-refractivity contribution >= 4 is 16.7 Å². The molecular formula is C14H14N2O2. The summed E-state index contributed by atoms with van der Waals surface area (Å²) in [5.41, 5.74) is 6.67. The van der Waals surface area contributed by atoms with Gasteiger partial charge in [-0.1, -0.05) is 24.3 Å². The Morgan fingerprint density at radius 2 is 2.22 bits per heavy atom. The van der Waals surface area contributed by atoms with Gasteiger partial charge in [-0.3, -0.25) is 4.79 Å². The number of aromatic nitrogens is 1. The van der Waals surface area contributed by atoms with Crippen LogP contribution in [0.15, 0.2) is 30.3 Å². The fourth-order valence-electron chi connectivity index (χ4n) is 2.38. The minimum Gasteiger partial charge on any atom is -0.381 e. The summed E-state index contributed by atoms with van der Waals surface area (Å²) in [6.45, 7) is 1.43. The Bertz CT molecular complexity index is 604. The third-order valence-electron chi connectivity index (χ3n) is 3.34. The molecule has 1 aromatic heterocycles.